The number of halogens is 1. The number of amides is 2. The van der Waals surface area contributed by atoms with Crippen molar-refractivity contribution in [1.29, 1.82) is 0 Å². The van der Waals surface area contributed by atoms with Gasteiger partial charge in [0.05, 0.1) is 9.15 Å². The molecule has 56 valence electrons. The summed E-state index contributed by atoms with van der Waals surface area (Å²) in [5.41, 5.74) is 0.574. The quantitative estimate of drug-likeness (QED) is 0.501. The van der Waals surface area contributed by atoms with Gasteiger partial charge in [-0.2, -0.15) is 0 Å². The normalized spacial score (nSPS) is 21.5. The van der Waals surface area contributed by atoms with Crippen molar-refractivity contribution in [3.05, 3.63) is 21.3 Å². The van der Waals surface area contributed by atoms with Crippen LogP contribution in [-0.4, -0.2) is 15.8 Å². The van der Waals surface area contributed by atoms with Gasteiger partial charge in [0.2, 0.25) is 0 Å². The molecule has 0 saturated heterocycles. The molecule has 2 amide bonds. The van der Waals surface area contributed by atoms with Crippen LogP contribution in [0, 0.1) is 0 Å². The number of nitrogens with one attached hydrogen (secondary N) is 1. The van der Waals surface area contributed by atoms with Crippen LogP contribution in [0.1, 0.15) is 0 Å². The molecule has 1 N–H and O–H groups in total. The SMILES string of the molecule is O=C1NC(=O)C2=C1C=CC=I2. The lowest BCUT2D eigenvalue weighted by atomic mass is 10.2. The first-order chi connectivity index (χ1) is 5.29. The number of carbonyl (C=O) groups is 2. The van der Waals surface area contributed by atoms with Crippen LogP contribution in [0.25, 0.3) is 0 Å². The first-order valence-electron chi connectivity index (χ1n) is 3.02. The summed E-state index contributed by atoms with van der Waals surface area (Å²) in [5.74, 6) is -0.438. The first-order valence-corrected chi connectivity index (χ1v) is 5.35. The standard InChI is InChI=1S/C7H4INO2/c10-6-4-2-1-3-8-5(4)7(11)9-6/h1-3H,(H,9,10,11). The smallest absolute Gasteiger partial charge is 0.264 e. The lowest BCUT2D eigenvalue weighted by Crippen LogP contribution is -2.22. The topological polar surface area (TPSA) is 46.2 Å². The summed E-state index contributed by atoms with van der Waals surface area (Å²) in [6, 6.07) is 0. The average Bonchev–Trinajstić information content (AvgIpc) is 2.30. The highest BCUT2D eigenvalue weighted by Gasteiger charge is 2.27. The van der Waals surface area contributed by atoms with Crippen LogP contribution in [0.2, 0.25) is 0 Å². The Hall–Kier alpha value is -0.780. The fraction of sp³-hybridized carbons (Fsp3) is 0. The van der Waals surface area contributed by atoms with Crippen LogP contribution in [0.4, 0.5) is 0 Å². The maximum atomic E-state index is 11.0. The van der Waals surface area contributed by atoms with Gasteiger partial charge < -0.3 is 0 Å². The molecule has 0 spiro atoms. The highest BCUT2D eigenvalue weighted by molar-refractivity contribution is 14.2. The molecule has 11 heavy (non-hydrogen) atoms. The minimum absolute atomic E-state index is 0.196. The Morgan fingerprint density at radius 2 is 2.09 bits per heavy atom. The van der Waals surface area contributed by atoms with Gasteiger partial charge in [-0.15, -0.1) is 0 Å². The Balaban J connectivity index is 2.59. The number of hydrogen-bond donors (Lipinski definition) is 1. The Morgan fingerprint density at radius 1 is 1.27 bits per heavy atom. The van der Waals surface area contributed by atoms with E-state index in [-0.39, 0.29) is 32.5 Å². The zero-order valence-corrected chi connectivity index (χ0v) is 7.58. The van der Waals surface area contributed by atoms with Gasteiger partial charge in [-0.25, -0.2) is 0 Å². The maximum Gasteiger partial charge on any atom is 0.264 e. The van der Waals surface area contributed by atoms with Crippen LogP contribution in [-0.2, 0) is 9.59 Å². The van der Waals surface area contributed by atoms with E-state index >= 15 is 0 Å². The van der Waals surface area contributed by atoms with Crippen molar-refractivity contribution in [2.45, 2.75) is 0 Å². The average molecular weight is 261 g/mol. The summed E-state index contributed by atoms with van der Waals surface area (Å²) in [4.78, 5) is 22.0. The predicted molar refractivity (Wildman–Crippen MR) is 49.4 cm³/mol. The highest BCUT2D eigenvalue weighted by atomic mass is 127. The van der Waals surface area contributed by atoms with Crippen molar-refractivity contribution in [1.82, 2.24) is 5.32 Å². The molecule has 0 atom stereocenters. The monoisotopic (exact) mass is 261 g/mol. The number of hydrogen-bond acceptors (Lipinski definition) is 2. The lowest BCUT2D eigenvalue weighted by Gasteiger charge is -1.93. The molecule has 0 aromatic carbocycles. The van der Waals surface area contributed by atoms with Crippen molar-refractivity contribution in [3.8, 4) is 0 Å². The summed E-state index contributed by atoms with van der Waals surface area (Å²) >= 11 is -0.361. The van der Waals surface area contributed by atoms with E-state index in [9.17, 15) is 9.59 Å². The molecule has 0 aromatic rings. The summed E-state index contributed by atoms with van der Waals surface area (Å²) in [7, 11) is 0. The first kappa shape index (κ1) is 6.90. The third-order valence-electron chi connectivity index (χ3n) is 1.42. The highest BCUT2D eigenvalue weighted by Crippen LogP contribution is 2.27. The third-order valence-corrected chi connectivity index (χ3v) is 3.88. The van der Waals surface area contributed by atoms with Crippen molar-refractivity contribution in [2.24, 2.45) is 0 Å². The lowest BCUT2D eigenvalue weighted by molar-refractivity contribution is -0.123. The minimum Gasteiger partial charge on any atom is -0.288 e. The zero-order chi connectivity index (χ0) is 7.84. The molecule has 0 fully saturated rings. The molecular weight excluding hydrogens is 257 g/mol. The molecule has 4 heteroatoms. The fourth-order valence-corrected chi connectivity index (χ4v) is 2.89. The second-order valence-electron chi connectivity index (χ2n) is 2.11. The molecule has 0 saturated carbocycles. The van der Waals surface area contributed by atoms with E-state index in [0.29, 0.717) is 9.15 Å². The Labute approximate surface area is 72.9 Å². The van der Waals surface area contributed by atoms with E-state index in [1.807, 2.05) is 10.1 Å². The molecule has 0 aromatic heterocycles. The van der Waals surface area contributed by atoms with Crippen LogP contribution in [0.15, 0.2) is 21.3 Å². The van der Waals surface area contributed by atoms with Crippen molar-refractivity contribution in [2.75, 3.05) is 0 Å². The van der Waals surface area contributed by atoms with Crippen molar-refractivity contribution < 1.29 is 9.59 Å². The van der Waals surface area contributed by atoms with Gasteiger partial charge in [0.15, 0.2) is 0 Å². The van der Waals surface area contributed by atoms with Crippen molar-refractivity contribution >= 4 is 36.6 Å². The minimum atomic E-state index is -0.361. The zero-order valence-electron chi connectivity index (χ0n) is 5.43. The second kappa shape index (κ2) is 2.37. The van der Waals surface area contributed by atoms with Gasteiger partial charge in [0.25, 0.3) is 11.8 Å². The van der Waals surface area contributed by atoms with Gasteiger partial charge in [-0.1, -0.05) is 26.8 Å². The van der Waals surface area contributed by atoms with Crippen molar-refractivity contribution in [3.63, 3.8) is 0 Å². The van der Waals surface area contributed by atoms with Gasteiger partial charge in [-0.05, 0) is 10.1 Å². The Kier molecular flexibility index (Phi) is 1.49. The van der Waals surface area contributed by atoms with E-state index in [0.717, 1.165) is 0 Å². The fourth-order valence-electron chi connectivity index (χ4n) is 0.936. The van der Waals surface area contributed by atoms with Crippen LogP contribution in [0.3, 0.4) is 0 Å². The molecule has 2 aliphatic heterocycles. The van der Waals surface area contributed by atoms with E-state index in [2.05, 4.69) is 5.32 Å². The summed E-state index contributed by atoms with van der Waals surface area (Å²) < 4.78 is 2.67. The van der Waals surface area contributed by atoms with Gasteiger partial charge in [-0.3, -0.25) is 14.9 Å². The molecule has 0 aliphatic carbocycles. The molecule has 0 radical (unpaired) electrons. The van der Waals surface area contributed by atoms with Gasteiger partial charge in [0, 0.05) is 0 Å². The van der Waals surface area contributed by atoms with Crippen LogP contribution >= 0.6 is 20.7 Å². The third kappa shape index (κ3) is 0.973. The largest absolute Gasteiger partial charge is 0.288 e. The van der Waals surface area contributed by atoms with Crippen LogP contribution < -0.4 is 5.32 Å². The molecule has 0 bridgehead atoms. The summed E-state index contributed by atoms with van der Waals surface area (Å²) in [6.07, 6.45) is 3.53. The maximum absolute atomic E-state index is 11.0. The van der Waals surface area contributed by atoms with Crippen LogP contribution in [0.5, 0.6) is 0 Å². The summed E-state index contributed by atoms with van der Waals surface area (Å²) in [6.45, 7) is 0. The molecule has 3 nitrogen and oxygen atoms in total. The number of carbonyl (C=O) groups excluding carboxylic acids is 2. The van der Waals surface area contributed by atoms with Gasteiger partial charge in [0.1, 0.15) is 0 Å². The Bertz CT molecular complexity index is 306. The molecule has 2 heterocycles. The second-order valence-corrected chi connectivity index (χ2v) is 4.53. The van der Waals surface area contributed by atoms with E-state index in [1.54, 1.807) is 6.08 Å². The number of imide groups is 1. The summed E-state index contributed by atoms with van der Waals surface area (Å²) in [5, 5.41) is 2.26. The van der Waals surface area contributed by atoms with E-state index < -0.39 is 0 Å². The molecular formula is C7H4INO2. The predicted octanol–water partition coefficient (Wildman–Crippen LogP) is 0.240. The Morgan fingerprint density at radius 3 is 2.82 bits per heavy atom. The molecule has 0 unspecified atom stereocenters. The van der Waals surface area contributed by atoms with E-state index in [1.165, 1.54) is 0 Å². The number of allylic oxidation sites excluding steroid dienone is 1. The molecule has 2 rings (SSSR count). The van der Waals surface area contributed by atoms with Gasteiger partial charge >= 0.3 is 0 Å². The number of rotatable bonds is 0. The molecule has 2 aliphatic rings. The van der Waals surface area contributed by atoms with E-state index in [4.69, 9.17) is 0 Å².